The number of hydrogen-bond donors (Lipinski definition) is 0. The largest absolute Gasteiger partial charge is 0.247 e. The molecule has 3 aliphatic rings. The SMILES string of the molecule is CCCCC1CCC(C2CCC(C3CCC(CC)CC3)CC2)CC1F. The molecular weight excluding hydrogens is 307 g/mol. The summed E-state index contributed by atoms with van der Waals surface area (Å²) in [4.78, 5) is 0. The van der Waals surface area contributed by atoms with Gasteiger partial charge in [0.05, 0.1) is 0 Å². The van der Waals surface area contributed by atoms with Gasteiger partial charge in [0.1, 0.15) is 6.17 Å². The lowest BCUT2D eigenvalue weighted by Gasteiger charge is -2.42. The molecule has 1 heteroatoms. The van der Waals surface area contributed by atoms with Gasteiger partial charge >= 0.3 is 0 Å². The molecule has 0 N–H and O–H groups in total. The van der Waals surface area contributed by atoms with Crippen LogP contribution >= 0.6 is 0 Å². The molecule has 0 spiro atoms. The van der Waals surface area contributed by atoms with Gasteiger partial charge in [-0.2, -0.15) is 0 Å². The molecule has 3 saturated carbocycles. The average Bonchev–Trinajstić information content (AvgIpc) is 2.67. The summed E-state index contributed by atoms with van der Waals surface area (Å²) in [5.41, 5.74) is 0. The van der Waals surface area contributed by atoms with Gasteiger partial charge in [0.15, 0.2) is 0 Å². The highest BCUT2D eigenvalue weighted by Crippen LogP contribution is 2.47. The molecule has 0 bridgehead atoms. The maximum absolute atomic E-state index is 14.6. The molecule has 3 atom stereocenters. The van der Waals surface area contributed by atoms with Crippen molar-refractivity contribution in [3.63, 3.8) is 0 Å². The molecular formula is C24H43F. The first-order valence-corrected chi connectivity index (χ1v) is 11.8. The molecule has 3 unspecified atom stereocenters. The lowest BCUT2D eigenvalue weighted by molar-refractivity contribution is 0.0606. The van der Waals surface area contributed by atoms with Crippen LogP contribution in [0.25, 0.3) is 0 Å². The van der Waals surface area contributed by atoms with Crippen molar-refractivity contribution in [2.24, 2.45) is 35.5 Å². The number of rotatable bonds is 6. The minimum atomic E-state index is -0.493. The monoisotopic (exact) mass is 350 g/mol. The van der Waals surface area contributed by atoms with E-state index in [4.69, 9.17) is 0 Å². The van der Waals surface area contributed by atoms with Crippen LogP contribution in [0.1, 0.15) is 110 Å². The van der Waals surface area contributed by atoms with E-state index in [-0.39, 0.29) is 0 Å². The normalized spacial score (nSPS) is 43.1. The Morgan fingerprint density at radius 2 is 1.20 bits per heavy atom. The zero-order valence-corrected chi connectivity index (χ0v) is 17.0. The topological polar surface area (TPSA) is 0 Å². The van der Waals surface area contributed by atoms with Gasteiger partial charge in [-0.1, -0.05) is 46.0 Å². The molecule has 0 aromatic rings. The summed E-state index contributed by atoms with van der Waals surface area (Å²) in [6.07, 6.45) is 19.6. The van der Waals surface area contributed by atoms with E-state index in [1.165, 1.54) is 83.5 Å². The zero-order chi connectivity index (χ0) is 17.6. The molecule has 3 rings (SSSR count). The Balaban J connectivity index is 1.39. The average molecular weight is 351 g/mol. The van der Waals surface area contributed by atoms with Crippen LogP contribution < -0.4 is 0 Å². The van der Waals surface area contributed by atoms with Gasteiger partial charge < -0.3 is 0 Å². The van der Waals surface area contributed by atoms with E-state index in [0.717, 1.165) is 36.5 Å². The highest BCUT2D eigenvalue weighted by atomic mass is 19.1. The van der Waals surface area contributed by atoms with E-state index in [1.807, 2.05) is 0 Å². The summed E-state index contributed by atoms with van der Waals surface area (Å²) < 4.78 is 14.6. The zero-order valence-electron chi connectivity index (χ0n) is 17.0. The number of unbranched alkanes of at least 4 members (excludes halogenated alkanes) is 1. The summed E-state index contributed by atoms with van der Waals surface area (Å²) in [7, 11) is 0. The Bertz CT molecular complexity index is 362. The molecule has 0 saturated heterocycles. The molecule has 25 heavy (non-hydrogen) atoms. The van der Waals surface area contributed by atoms with E-state index in [1.54, 1.807) is 0 Å². The second-order valence-corrected chi connectivity index (χ2v) is 9.86. The van der Waals surface area contributed by atoms with E-state index in [9.17, 15) is 4.39 Å². The molecule has 0 heterocycles. The highest BCUT2D eigenvalue weighted by molar-refractivity contribution is 4.88. The van der Waals surface area contributed by atoms with E-state index in [0.29, 0.717) is 11.8 Å². The molecule has 0 aromatic carbocycles. The third-order valence-corrected chi connectivity index (χ3v) is 8.49. The highest BCUT2D eigenvalue weighted by Gasteiger charge is 2.37. The van der Waals surface area contributed by atoms with Crippen molar-refractivity contribution < 1.29 is 4.39 Å². The van der Waals surface area contributed by atoms with Crippen LogP contribution in [0.15, 0.2) is 0 Å². The van der Waals surface area contributed by atoms with Gasteiger partial charge in [-0.3, -0.25) is 0 Å². The van der Waals surface area contributed by atoms with Crippen molar-refractivity contribution in [3.05, 3.63) is 0 Å². The van der Waals surface area contributed by atoms with Gasteiger partial charge in [0, 0.05) is 0 Å². The van der Waals surface area contributed by atoms with Crippen molar-refractivity contribution in [1.82, 2.24) is 0 Å². The lowest BCUT2D eigenvalue weighted by atomic mass is 9.64. The van der Waals surface area contributed by atoms with Crippen LogP contribution in [0.3, 0.4) is 0 Å². The van der Waals surface area contributed by atoms with Crippen LogP contribution in [0.4, 0.5) is 4.39 Å². The summed E-state index contributed by atoms with van der Waals surface area (Å²) in [5, 5.41) is 0. The van der Waals surface area contributed by atoms with E-state index < -0.39 is 6.17 Å². The molecule has 0 radical (unpaired) electrons. The fraction of sp³-hybridized carbons (Fsp3) is 1.00. The summed E-state index contributed by atoms with van der Waals surface area (Å²) >= 11 is 0. The van der Waals surface area contributed by atoms with Crippen molar-refractivity contribution in [2.45, 2.75) is 116 Å². The Labute approximate surface area is 156 Å². The maximum atomic E-state index is 14.6. The molecule has 146 valence electrons. The Hall–Kier alpha value is -0.0700. The fourth-order valence-corrected chi connectivity index (χ4v) is 6.58. The number of alkyl halides is 1. The third kappa shape index (κ3) is 5.23. The smallest absolute Gasteiger partial charge is 0.103 e. The molecule has 3 aliphatic carbocycles. The quantitative estimate of drug-likeness (QED) is 0.456. The van der Waals surface area contributed by atoms with Crippen LogP contribution in [-0.4, -0.2) is 6.17 Å². The molecule has 0 aliphatic heterocycles. The fourth-order valence-electron chi connectivity index (χ4n) is 6.58. The first-order chi connectivity index (χ1) is 12.2. The molecule has 0 aromatic heterocycles. The van der Waals surface area contributed by atoms with Crippen LogP contribution in [0, 0.1) is 35.5 Å². The molecule has 3 fully saturated rings. The standard InChI is InChI=1S/C24H43F/c1-3-5-6-22-15-16-23(17-24(22)25)21-13-11-20(12-14-21)19-9-7-18(4-2)8-10-19/h18-24H,3-17H2,1-2H3. The van der Waals surface area contributed by atoms with Crippen molar-refractivity contribution >= 4 is 0 Å². The number of hydrogen-bond acceptors (Lipinski definition) is 0. The summed E-state index contributed by atoms with van der Waals surface area (Å²) in [5.74, 6) is 5.02. The van der Waals surface area contributed by atoms with Crippen LogP contribution in [-0.2, 0) is 0 Å². The minimum absolute atomic E-state index is 0.390. The predicted octanol–water partition coefficient (Wildman–Crippen LogP) is 7.95. The summed E-state index contributed by atoms with van der Waals surface area (Å²) in [6.45, 7) is 4.59. The Morgan fingerprint density at radius 3 is 1.72 bits per heavy atom. The lowest BCUT2D eigenvalue weighted by Crippen LogP contribution is -2.33. The van der Waals surface area contributed by atoms with Gasteiger partial charge in [0.25, 0.3) is 0 Å². The van der Waals surface area contributed by atoms with Gasteiger partial charge in [0.2, 0.25) is 0 Å². The predicted molar refractivity (Wildman–Crippen MR) is 106 cm³/mol. The molecule has 0 amide bonds. The second kappa shape index (κ2) is 9.75. The van der Waals surface area contributed by atoms with Gasteiger partial charge in [-0.25, -0.2) is 4.39 Å². The van der Waals surface area contributed by atoms with Gasteiger partial charge in [-0.05, 0) is 99.7 Å². The summed E-state index contributed by atoms with van der Waals surface area (Å²) in [6, 6.07) is 0. The number of halogens is 1. The maximum Gasteiger partial charge on any atom is 0.103 e. The first-order valence-electron chi connectivity index (χ1n) is 11.8. The van der Waals surface area contributed by atoms with Crippen LogP contribution in [0.5, 0.6) is 0 Å². The Kier molecular flexibility index (Phi) is 7.67. The van der Waals surface area contributed by atoms with Crippen molar-refractivity contribution in [3.8, 4) is 0 Å². The molecule has 0 nitrogen and oxygen atoms in total. The van der Waals surface area contributed by atoms with Crippen LogP contribution in [0.2, 0.25) is 0 Å². The minimum Gasteiger partial charge on any atom is -0.247 e. The van der Waals surface area contributed by atoms with Crippen molar-refractivity contribution in [1.29, 1.82) is 0 Å². The third-order valence-electron chi connectivity index (χ3n) is 8.49. The first kappa shape index (κ1) is 19.7. The second-order valence-electron chi connectivity index (χ2n) is 9.86. The van der Waals surface area contributed by atoms with Crippen molar-refractivity contribution in [2.75, 3.05) is 0 Å². The van der Waals surface area contributed by atoms with E-state index >= 15 is 0 Å². The van der Waals surface area contributed by atoms with Gasteiger partial charge in [-0.15, -0.1) is 0 Å². The Morgan fingerprint density at radius 1 is 0.680 bits per heavy atom. The van der Waals surface area contributed by atoms with E-state index in [2.05, 4.69) is 13.8 Å².